The lowest BCUT2D eigenvalue weighted by Gasteiger charge is -2.27. The first kappa shape index (κ1) is 22.4. The van der Waals surface area contributed by atoms with Crippen molar-refractivity contribution in [2.45, 2.75) is 32.0 Å². The minimum Gasteiger partial charge on any atom is -0.478 e. The smallest absolute Gasteiger partial charge is 0.416 e. The van der Waals surface area contributed by atoms with E-state index in [9.17, 15) is 22.8 Å². The number of hydrogen-bond donors (Lipinski definition) is 1. The summed E-state index contributed by atoms with van der Waals surface area (Å²) in [5.74, 6) is -0.945. The van der Waals surface area contributed by atoms with Crippen LogP contribution in [0.15, 0.2) is 54.6 Å². The summed E-state index contributed by atoms with van der Waals surface area (Å²) in [6.45, 7) is 3.72. The minimum atomic E-state index is -4.44. The molecule has 0 radical (unpaired) electrons. The molecule has 0 aromatic heterocycles. The monoisotopic (exact) mass is 433 g/mol. The van der Waals surface area contributed by atoms with Crippen molar-refractivity contribution in [2.24, 2.45) is 0 Å². The third kappa shape index (κ3) is 5.25. The van der Waals surface area contributed by atoms with E-state index in [-0.39, 0.29) is 11.5 Å². The van der Waals surface area contributed by atoms with Gasteiger partial charge in [0, 0.05) is 18.7 Å². The van der Waals surface area contributed by atoms with Crippen molar-refractivity contribution >= 4 is 17.4 Å². The summed E-state index contributed by atoms with van der Waals surface area (Å²) in [7, 11) is 0. The fourth-order valence-electron chi connectivity index (χ4n) is 3.18. The van der Waals surface area contributed by atoms with E-state index in [2.05, 4.69) is 0 Å². The predicted octanol–water partition coefficient (Wildman–Crippen LogP) is 4.88. The van der Waals surface area contributed by atoms with E-state index < -0.39 is 23.3 Å². The number of rotatable bonds is 5. The Morgan fingerprint density at radius 3 is 2.10 bits per heavy atom. The Balaban J connectivity index is 1.64. The van der Waals surface area contributed by atoms with Crippen LogP contribution in [0.2, 0.25) is 0 Å². The highest BCUT2D eigenvalue weighted by atomic mass is 19.4. The molecule has 0 spiro atoms. The number of ether oxygens (including phenoxy) is 1. The molecule has 0 unspecified atom stereocenters. The summed E-state index contributed by atoms with van der Waals surface area (Å²) in [6.07, 6.45) is -1.94. The number of halogens is 3. The van der Waals surface area contributed by atoms with Gasteiger partial charge in [0.1, 0.15) is 5.75 Å². The first-order valence-corrected chi connectivity index (χ1v) is 9.66. The zero-order valence-electron chi connectivity index (χ0n) is 17.1. The van der Waals surface area contributed by atoms with E-state index in [1.165, 1.54) is 26.0 Å². The summed E-state index contributed by atoms with van der Waals surface area (Å²) in [5.41, 5.74) is 0.0456. The molecule has 0 atom stereocenters. The highest BCUT2D eigenvalue weighted by Gasteiger charge is 2.31. The number of benzene rings is 2. The lowest BCUT2D eigenvalue weighted by Crippen LogP contribution is -2.37. The van der Waals surface area contributed by atoms with Crippen molar-refractivity contribution in [1.29, 1.82) is 0 Å². The average molecular weight is 433 g/mol. The van der Waals surface area contributed by atoms with E-state index in [0.717, 1.165) is 23.3 Å². The predicted molar refractivity (Wildman–Crippen MR) is 109 cm³/mol. The van der Waals surface area contributed by atoms with Gasteiger partial charge in [-0.3, -0.25) is 4.79 Å². The Hall–Kier alpha value is -3.29. The van der Waals surface area contributed by atoms with Crippen LogP contribution in [-0.2, 0) is 11.0 Å². The topological polar surface area (TPSA) is 66.8 Å². The highest BCUT2D eigenvalue weighted by Crippen LogP contribution is 2.30. The van der Waals surface area contributed by atoms with E-state index in [1.54, 1.807) is 17.0 Å². The van der Waals surface area contributed by atoms with E-state index in [1.807, 2.05) is 18.2 Å². The molecule has 0 bridgehead atoms. The lowest BCUT2D eigenvalue weighted by atomic mass is 9.99. The average Bonchev–Trinajstić information content (AvgIpc) is 2.73. The molecular weight excluding hydrogens is 411 g/mol. The van der Waals surface area contributed by atoms with Crippen LogP contribution in [0, 0.1) is 0 Å². The normalized spacial score (nSPS) is 14.7. The Morgan fingerprint density at radius 2 is 1.61 bits per heavy atom. The van der Waals surface area contributed by atoms with Crippen molar-refractivity contribution in [3.63, 3.8) is 0 Å². The maximum atomic E-state index is 12.7. The molecule has 2 aromatic rings. The molecule has 0 fully saturated rings. The molecule has 1 N–H and O–H groups in total. The second-order valence-electron chi connectivity index (χ2n) is 7.75. The van der Waals surface area contributed by atoms with Crippen molar-refractivity contribution in [3.05, 3.63) is 71.3 Å². The Kier molecular flexibility index (Phi) is 6.10. The van der Waals surface area contributed by atoms with Gasteiger partial charge < -0.3 is 14.7 Å². The number of aliphatic carboxylic acids is 1. The summed E-state index contributed by atoms with van der Waals surface area (Å²) in [5, 5.41) is 9.15. The summed E-state index contributed by atoms with van der Waals surface area (Å²) in [4.78, 5) is 25.3. The van der Waals surface area contributed by atoms with Gasteiger partial charge in [-0.25, -0.2) is 4.79 Å². The molecule has 5 nitrogen and oxygen atoms in total. The van der Waals surface area contributed by atoms with Gasteiger partial charge >= 0.3 is 12.1 Å². The van der Waals surface area contributed by atoms with Crippen LogP contribution in [-0.4, -0.2) is 40.6 Å². The van der Waals surface area contributed by atoms with Gasteiger partial charge in [-0.2, -0.15) is 13.2 Å². The number of nitrogens with zero attached hydrogens (tertiary/aromatic N) is 1. The fraction of sp³-hybridized carbons (Fsp3) is 0.304. The number of carbonyl (C=O) groups excluding carboxylic acids is 1. The van der Waals surface area contributed by atoms with Gasteiger partial charge in [-0.05, 0) is 67.8 Å². The number of carboxylic acids is 1. The molecule has 0 saturated carbocycles. The molecule has 1 aliphatic heterocycles. The van der Waals surface area contributed by atoms with E-state index in [0.29, 0.717) is 25.3 Å². The number of alkyl halides is 3. The quantitative estimate of drug-likeness (QED) is 0.730. The van der Waals surface area contributed by atoms with Crippen LogP contribution in [0.4, 0.5) is 13.2 Å². The first-order valence-electron chi connectivity index (χ1n) is 9.66. The molecule has 164 valence electrons. The maximum Gasteiger partial charge on any atom is 0.416 e. The summed E-state index contributed by atoms with van der Waals surface area (Å²) in [6, 6.07) is 11.3. The van der Waals surface area contributed by atoms with Gasteiger partial charge in [0.2, 0.25) is 0 Å². The van der Waals surface area contributed by atoms with Crippen LogP contribution >= 0.6 is 0 Å². The zero-order valence-corrected chi connectivity index (χ0v) is 17.1. The Bertz CT molecular complexity index is 993. The number of hydrogen-bond acceptors (Lipinski definition) is 3. The van der Waals surface area contributed by atoms with Crippen molar-refractivity contribution in [3.8, 4) is 5.75 Å². The van der Waals surface area contributed by atoms with Crippen molar-refractivity contribution in [1.82, 2.24) is 4.90 Å². The van der Waals surface area contributed by atoms with Gasteiger partial charge in [0.05, 0.1) is 5.56 Å². The van der Waals surface area contributed by atoms with Crippen LogP contribution < -0.4 is 4.74 Å². The largest absolute Gasteiger partial charge is 0.478 e. The maximum absolute atomic E-state index is 12.7. The Morgan fingerprint density at radius 1 is 1.00 bits per heavy atom. The molecular formula is C23H22F3NO4. The third-order valence-corrected chi connectivity index (χ3v) is 5.07. The summed E-state index contributed by atoms with van der Waals surface area (Å²) < 4.78 is 43.5. The van der Waals surface area contributed by atoms with Crippen molar-refractivity contribution in [2.75, 3.05) is 13.1 Å². The standard InChI is InChI=1S/C23H22F3NO4/c1-22(2,21(29)30)31-19-9-5-15(6-10-19)16-11-13-27(14-12-16)20(28)17-3-7-18(8-4-17)23(24,25)26/h3-11H,12-14H2,1-2H3,(H,29,30). The highest BCUT2D eigenvalue weighted by molar-refractivity contribution is 5.94. The molecule has 2 aromatic carbocycles. The van der Waals surface area contributed by atoms with Gasteiger partial charge in [-0.15, -0.1) is 0 Å². The lowest BCUT2D eigenvalue weighted by molar-refractivity contribution is -0.152. The van der Waals surface area contributed by atoms with Gasteiger partial charge in [0.25, 0.3) is 5.91 Å². The molecule has 1 amide bonds. The van der Waals surface area contributed by atoms with Crippen LogP contribution in [0.5, 0.6) is 5.75 Å². The number of amides is 1. The minimum absolute atomic E-state index is 0.215. The molecule has 3 rings (SSSR count). The van der Waals surface area contributed by atoms with Crippen LogP contribution in [0.1, 0.15) is 41.8 Å². The number of carbonyl (C=O) groups is 2. The van der Waals surface area contributed by atoms with Crippen LogP contribution in [0.3, 0.4) is 0 Å². The molecule has 31 heavy (non-hydrogen) atoms. The van der Waals surface area contributed by atoms with Gasteiger partial charge in [0.15, 0.2) is 5.60 Å². The SMILES string of the molecule is CC(C)(Oc1ccc(C2=CCN(C(=O)c3ccc(C(F)(F)F)cc3)CC2)cc1)C(=O)O. The van der Waals surface area contributed by atoms with E-state index >= 15 is 0 Å². The fourth-order valence-corrected chi connectivity index (χ4v) is 3.18. The first-order chi connectivity index (χ1) is 14.5. The second-order valence-corrected chi connectivity index (χ2v) is 7.75. The van der Waals surface area contributed by atoms with Crippen molar-refractivity contribution < 1.29 is 32.6 Å². The number of carboxylic acid groups (broad SMARTS) is 1. The summed E-state index contributed by atoms with van der Waals surface area (Å²) >= 11 is 0. The van der Waals surface area contributed by atoms with Crippen LogP contribution in [0.25, 0.3) is 5.57 Å². The van der Waals surface area contributed by atoms with E-state index in [4.69, 9.17) is 9.84 Å². The molecule has 0 aliphatic carbocycles. The third-order valence-electron chi connectivity index (χ3n) is 5.07. The molecule has 1 heterocycles. The second kappa shape index (κ2) is 8.45. The zero-order chi connectivity index (χ0) is 22.8. The molecule has 1 aliphatic rings. The van der Waals surface area contributed by atoms with Gasteiger partial charge in [-0.1, -0.05) is 18.2 Å². The molecule has 0 saturated heterocycles. The Labute approximate surface area is 177 Å². The molecule has 8 heteroatoms.